The van der Waals surface area contributed by atoms with Gasteiger partial charge in [-0.05, 0) is 30.2 Å². The standard InChI is InChI=1S/C20H17F2N3O3/c21-14-3-1-13(15(22)8-14)10-24-5-6-25-17(20(24)26)9-16(23-25)12-2-4-18-19(7-12)28-11-27-18/h1-8,16-17,23H,9-11H2. The summed E-state index contributed by atoms with van der Waals surface area (Å²) in [6, 6.07) is 8.64. The predicted octanol–water partition coefficient (Wildman–Crippen LogP) is 2.83. The fourth-order valence-electron chi connectivity index (χ4n) is 3.75. The quantitative estimate of drug-likeness (QED) is 0.881. The van der Waals surface area contributed by atoms with Crippen LogP contribution in [0.25, 0.3) is 0 Å². The van der Waals surface area contributed by atoms with Crippen molar-refractivity contribution in [3.05, 3.63) is 71.6 Å². The molecule has 1 N–H and O–H groups in total. The first kappa shape index (κ1) is 17.0. The molecule has 0 radical (unpaired) electrons. The maximum atomic E-state index is 13.9. The van der Waals surface area contributed by atoms with E-state index in [2.05, 4.69) is 5.43 Å². The molecule has 144 valence electrons. The molecule has 2 atom stereocenters. The second-order valence-corrected chi connectivity index (χ2v) is 6.95. The summed E-state index contributed by atoms with van der Waals surface area (Å²) in [4.78, 5) is 14.4. The van der Waals surface area contributed by atoms with Crippen molar-refractivity contribution < 1.29 is 23.0 Å². The molecule has 1 fully saturated rings. The van der Waals surface area contributed by atoms with Gasteiger partial charge in [0.2, 0.25) is 6.79 Å². The van der Waals surface area contributed by atoms with Crippen molar-refractivity contribution in [2.75, 3.05) is 6.79 Å². The van der Waals surface area contributed by atoms with E-state index in [9.17, 15) is 13.6 Å². The van der Waals surface area contributed by atoms with Crippen LogP contribution in [0.2, 0.25) is 0 Å². The van der Waals surface area contributed by atoms with E-state index in [0.717, 1.165) is 11.6 Å². The van der Waals surface area contributed by atoms with Gasteiger partial charge in [-0.1, -0.05) is 12.1 Å². The van der Waals surface area contributed by atoms with Gasteiger partial charge >= 0.3 is 0 Å². The molecule has 2 aromatic rings. The molecule has 0 aliphatic carbocycles. The lowest BCUT2D eigenvalue weighted by Gasteiger charge is -2.31. The summed E-state index contributed by atoms with van der Waals surface area (Å²) >= 11 is 0. The van der Waals surface area contributed by atoms with Gasteiger partial charge in [0.05, 0.1) is 12.6 Å². The third-order valence-corrected chi connectivity index (χ3v) is 5.23. The van der Waals surface area contributed by atoms with E-state index in [1.165, 1.54) is 17.0 Å². The van der Waals surface area contributed by atoms with E-state index in [1.807, 2.05) is 18.2 Å². The van der Waals surface area contributed by atoms with Gasteiger partial charge in [-0.15, -0.1) is 0 Å². The Morgan fingerprint density at radius 3 is 2.79 bits per heavy atom. The Kier molecular flexibility index (Phi) is 3.94. The molecule has 5 rings (SSSR count). The molecule has 8 heteroatoms. The van der Waals surface area contributed by atoms with Crippen LogP contribution in [-0.2, 0) is 11.3 Å². The van der Waals surface area contributed by atoms with Gasteiger partial charge in [0.1, 0.15) is 17.7 Å². The fourth-order valence-corrected chi connectivity index (χ4v) is 3.75. The first-order valence-electron chi connectivity index (χ1n) is 8.95. The number of hydrogen-bond donors (Lipinski definition) is 1. The molecule has 0 aromatic heterocycles. The molecule has 3 heterocycles. The van der Waals surface area contributed by atoms with Gasteiger partial charge in [0, 0.05) is 24.0 Å². The zero-order valence-electron chi connectivity index (χ0n) is 14.8. The van der Waals surface area contributed by atoms with Crippen LogP contribution in [0.1, 0.15) is 23.6 Å². The molecule has 2 aromatic carbocycles. The number of nitrogens with zero attached hydrogens (tertiary/aromatic N) is 2. The highest BCUT2D eigenvalue weighted by Gasteiger charge is 2.40. The molecule has 0 bridgehead atoms. The molecular weight excluding hydrogens is 368 g/mol. The van der Waals surface area contributed by atoms with Crippen LogP contribution >= 0.6 is 0 Å². The van der Waals surface area contributed by atoms with Crippen molar-refractivity contribution in [1.82, 2.24) is 15.3 Å². The van der Waals surface area contributed by atoms with Crippen molar-refractivity contribution in [2.24, 2.45) is 0 Å². The SMILES string of the molecule is O=C1C2CC(c3ccc4c(c3)OCO4)NN2C=CN1Cc1ccc(F)cc1F. The zero-order chi connectivity index (χ0) is 19.3. The Balaban J connectivity index is 1.32. The van der Waals surface area contributed by atoms with Gasteiger partial charge in [-0.3, -0.25) is 4.79 Å². The Morgan fingerprint density at radius 2 is 1.93 bits per heavy atom. The number of hydrogen-bond acceptors (Lipinski definition) is 5. The largest absolute Gasteiger partial charge is 0.454 e. The summed E-state index contributed by atoms with van der Waals surface area (Å²) in [5.74, 6) is -0.0322. The Hall–Kier alpha value is -3.13. The predicted molar refractivity (Wildman–Crippen MR) is 94.7 cm³/mol. The van der Waals surface area contributed by atoms with Crippen LogP contribution in [0.4, 0.5) is 8.78 Å². The van der Waals surface area contributed by atoms with Crippen LogP contribution in [-0.4, -0.2) is 28.7 Å². The summed E-state index contributed by atoms with van der Waals surface area (Å²) in [5, 5.41) is 1.77. The molecular formula is C20H17F2N3O3. The number of benzene rings is 2. The summed E-state index contributed by atoms with van der Waals surface area (Å²) in [6.07, 6.45) is 3.93. The number of ether oxygens (including phenoxy) is 2. The lowest BCUT2D eigenvalue weighted by molar-refractivity contribution is -0.135. The smallest absolute Gasteiger partial charge is 0.251 e. The molecule has 1 saturated heterocycles. The number of halogens is 2. The van der Waals surface area contributed by atoms with Crippen molar-refractivity contribution >= 4 is 5.91 Å². The Morgan fingerprint density at radius 1 is 1.07 bits per heavy atom. The number of hydrazine groups is 1. The number of carbonyl (C=O) groups excluding carboxylic acids is 1. The molecule has 0 saturated carbocycles. The normalized spacial score (nSPS) is 22.7. The first-order valence-corrected chi connectivity index (χ1v) is 8.95. The lowest BCUT2D eigenvalue weighted by Crippen LogP contribution is -2.47. The third-order valence-electron chi connectivity index (χ3n) is 5.23. The number of nitrogens with one attached hydrogen (secondary N) is 1. The first-order chi connectivity index (χ1) is 13.6. The summed E-state index contributed by atoms with van der Waals surface area (Å²) in [5.41, 5.74) is 4.58. The number of fused-ring (bicyclic) bond motifs is 2. The van der Waals surface area contributed by atoms with Crippen molar-refractivity contribution in [3.8, 4) is 11.5 Å². The second kappa shape index (κ2) is 6.49. The van der Waals surface area contributed by atoms with Gasteiger partial charge in [-0.2, -0.15) is 0 Å². The highest BCUT2D eigenvalue weighted by Crippen LogP contribution is 2.37. The number of carbonyl (C=O) groups is 1. The minimum atomic E-state index is -0.661. The molecule has 28 heavy (non-hydrogen) atoms. The summed E-state index contributed by atoms with van der Waals surface area (Å²) in [6.45, 7) is 0.266. The zero-order valence-corrected chi connectivity index (χ0v) is 14.8. The van der Waals surface area contributed by atoms with Crippen LogP contribution in [0.15, 0.2) is 48.8 Å². The van der Waals surface area contributed by atoms with Gasteiger partial charge in [-0.25, -0.2) is 14.2 Å². The van der Waals surface area contributed by atoms with Crippen molar-refractivity contribution in [2.45, 2.75) is 25.0 Å². The van der Waals surface area contributed by atoms with Crippen molar-refractivity contribution in [1.29, 1.82) is 0 Å². The maximum Gasteiger partial charge on any atom is 0.251 e. The molecule has 0 spiro atoms. The van der Waals surface area contributed by atoms with Gasteiger partial charge in [0.15, 0.2) is 11.5 Å². The van der Waals surface area contributed by atoms with E-state index >= 15 is 0 Å². The summed E-state index contributed by atoms with van der Waals surface area (Å²) < 4.78 is 37.8. The molecule has 3 aliphatic rings. The lowest BCUT2D eigenvalue weighted by atomic mass is 10.0. The van der Waals surface area contributed by atoms with E-state index in [0.29, 0.717) is 17.9 Å². The average molecular weight is 385 g/mol. The monoisotopic (exact) mass is 385 g/mol. The minimum absolute atomic E-state index is 0.0560. The van der Waals surface area contributed by atoms with Crippen molar-refractivity contribution in [3.63, 3.8) is 0 Å². The Labute approximate surface area is 159 Å². The van der Waals surface area contributed by atoms with Crippen LogP contribution < -0.4 is 14.9 Å². The van der Waals surface area contributed by atoms with E-state index < -0.39 is 17.7 Å². The second-order valence-electron chi connectivity index (χ2n) is 6.95. The topological polar surface area (TPSA) is 54.0 Å². The molecule has 3 aliphatic heterocycles. The van der Waals surface area contributed by atoms with Crippen LogP contribution in [0.5, 0.6) is 11.5 Å². The number of rotatable bonds is 3. The van der Waals surface area contributed by atoms with Gasteiger partial charge in [0.25, 0.3) is 5.91 Å². The number of amides is 1. The highest BCUT2D eigenvalue weighted by molar-refractivity contribution is 5.84. The van der Waals surface area contributed by atoms with E-state index in [4.69, 9.17) is 9.47 Å². The van der Waals surface area contributed by atoms with E-state index in [1.54, 1.807) is 17.4 Å². The maximum absolute atomic E-state index is 13.9. The highest BCUT2D eigenvalue weighted by atomic mass is 19.1. The molecule has 6 nitrogen and oxygen atoms in total. The summed E-state index contributed by atoms with van der Waals surface area (Å²) in [7, 11) is 0. The molecule has 2 unspecified atom stereocenters. The average Bonchev–Trinajstić information content (AvgIpc) is 3.32. The fraction of sp³-hybridized carbons (Fsp3) is 0.250. The minimum Gasteiger partial charge on any atom is -0.454 e. The van der Waals surface area contributed by atoms with Gasteiger partial charge < -0.3 is 19.4 Å². The molecule has 1 amide bonds. The van der Waals surface area contributed by atoms with E-state index in [-0.39, 0.29) is 30.9 Å². The van der Waals surface area contributed by atoms with Crippen LogP contribution in [0, 0.1) is 11.6 Å². The Bertz CT molecular complexity index is 981. The third kappa shape index (κ3) is 2.86. The van der Waals surface area contributed by atoms with Crippen LogP contribution in [0.3, 0.4) is 0 Å².